The van der Waals surface area contributed by atoms with Crippen molar-refractivity contribution in [3.63, 3.8) is 0 Å². The van der Waals surface area contributed by atoms with Gasteiger partial charge in [-0.15, -0.1) is 0 Å². The lowest BCUT2D eigenvalue weighted by atomic mass is 10.0. The third-order valence-corrected chi connectivity index (χ3v) is 6.07. The molecule has 2 N–H and O–H groups in total. The molecule has 0 saturated carbocycles. The third-order valence-electron chi connectivity index (χ3n) is 5.47. The summed E-state index contributed by atoms with van der Waals surface area (Å²) in [4.78, 5) is 29.4. The second-order valence-electron chi connectivity index (χ2n) is 7.44. The van der Waals surface area contributed by atoms with Crippen LogP contribution in [0.25, 0.3) is 27.6 Å². The molecule has 5 aromatic rings. The van der Waals surface area contributed by atoms with E-state index in [1.165, 1.54) is 17.0 Å². The molecule has 2 aromatic carbocycles. The lowest BCUT2D eigenvalue weighted by Gasteiger charge is -2.23. The highest BCUT2D eigenvalue weighted by atomic mass is 35.5. The minimum atomic E-state index is -0.654. The van der Waals surface area contributed by atoms with Gasteiger partial charge in [-0.25, -0.2) is 19.3 Å². The van der Waals surface area contributed by atoms with E-state index >= 15 is 0 Å². The summed E-state index contributed by atoms with van der Waals surface area (Å²) in [6.45, 7) is 1.98. The van der Waals surface area contributed by atoms with Gasteiger partial charge < -0.3 is 10.3 Å². The number of anilines is 1. The van der Waals surface area contributed by atoms with Gasteiger partial charge in [-0.1, -0.05) is 42.3 Å². The van der Waals surface area contributed by atoms with Crippen LogP contribution in [0.4, 0.5) is 10.2 Å². The first-order valence-electron chi connectivity index (χ1n) is 10.2. The zero-order valence-electron chi connectivity index (χ0n) is 17.3. The van der Waals surface area contributed by atoms with Gasteiger partial charge >= 0.3 is 0 Å². The Hall–Kier alpha value is -3.49. The van der Waals surface area contributed by atoms with Crippen molar-refractivity contribution in [3.8, 4) is 5.69 Å². The molecule has 0 aliphatic rings. The molecule has 3 heterocycles. The van der Waals surface area contributed by atoms with Gasteiger partial charge in [0.25, 0.3) is 5.56 Å². The summed E-state index contributed by atoms with van der Waals surface area (Å²) >= 11 is 12.4. The van der Waals surface area contributed by atoms with Gasteiger partial charge in [-0.2, -0.15) is 0 Å². The molecule has 10 heteroatoms. The number of rotatable bonds is 5. The summed E-state index contributed by atoms with van der Waals surface area (Å²) in [6, 6.07) is 11.2. The summed E-state index contributed by atoms with van der Waals surface area (Å²) in [5.74, 6) is -0.130. The number of aromatic nitrogens is 5. The number of nitrogens with one attached hydrogen (secondary N) is 2. The average molecular weight is 483 g/mol. The van der Waals surface area contributed by atoms with Crippen LogP contribution >= 0.6 is 23.2 Å². The van der Waals surface area contributed by atoms with Crippen LogP contribution in [0.2, 0.25) is 10.0 Å². The van der Waals surface area contributed by atoms with E-state index in [0.717, 1.165) is 0 Å². The number of nitrogens with zero attached hydrogens (tertiary/aromatic N) is 4. The molecule has 0 saturated heterocycles. The number of benzene rings is 2. The topological polar surface area (TPSA) is 88.5 Å². The molecule has 0 amide bonds. The van der Waals surface area contributed by atoms with Crippen LogP contribution in [0.15, 0.2) is 59.9 Å². The van der Waals surface area contributed by atoms with Crippen molar-refractivity contribution >= 4 is 51.0 Å². The van der Waals surface area contributed by atoms with Gasteiger partial charge in [-0.05, 0) is 42.1 Å². The predicted octanol–water partition coefficient (Wildman–Crippen LogP) is 5.67. The molecule has 1 atom stereocenters. The van der Waals surface area contributed by atoms with E-state index in [1.54, 1.807) is 36.7 Å². The highest BCUT2D eigenvalue weighted by Crippen LogP contribution is 2.31. The fourth-order valence-electron chi connectivity index (χ4n) is 3.91. The first-order chi connectivity index (χ1) is 16.0. The van der Waals surface area contributed by atoms with Crippen LogP contribution in [0, 0.1) is 5.82 Å². The number of halogens is 3. The third kappa shape index (κ3) is 3.71. The smallest absolute Gasteiger partial charge is 0.264 e. The fourth-order valence-corrected chi connectivity index (χ4v) is 4.35. The van der Waals surface area contributed by atoms with Gasteiger partial charge in [-0.3, -0.25) is 9.36 Å². The lowest BCUT2D eigenvalue weighted by molar-refractivity contribution is 0.629. The van der Waals surface area contributed by atoms with Crippen molar-refractivity contribution in [1.29, 1.82) is 0 Å². The van der Waals surface area contributed by atoms with Crippen molar-refractivity contribution in [2.24, 2.45) is 0 Å². The predicted molar refractivity (Wildman–Crippen MR) is 128 cm³/mol. The van der Waals surface area contributed by atoms with Gasteiger partial charge in [0.1, 0.15) is 17.7 Å². The molecule has 0 radical (unpaired) electrons. The standard InChI is InChI=1S/C23H17Cl2FN6O/c1-2-16(31-22-20-21(28-10-27-20)29-11-30-22)17-8-12-6-7-15(26)19(25)18(12)23(33)32(17)14-5-3-4-13(24)9-14/h3-11,16H,2H2,1H3,(H2,27,28,29,30,31)/t16-/m1/s1. The molecule has 0 unspecified atom stereocenters. The number of hydrogen-bond acceptors (Lipinski definition) is 5. The first-order valence-corrected chi connectivity index (χ1v) is 10.9. The van der Waals surface area contributed by atoms with Crippen LogP contribution in [0.1, 0.15) is 25.1 Å². The highest BCUT2D eigenvalue weighted by molar-refractivity contribution is 6.35. The number of hydrogen-bond donors (Lipinski definition) is 2. The van der Waals surface area contributed by atoms with Crippen LogP contribution in [-0.4, -0.2) is 24.5 Å². The molecular formula is C23H17Cl2FN6O. The molecule has 0 fully saturated rings. The molecule has 0 bridgehead atoms. The Balaban J connectivity index is 1.76. The SMILES string of the molecule is CC[C@@H](Nc1ncnc2[nH]cnc12)c1cc2ccc(F)c(Cl)c2c(=O)n1-c1cccc(Cl)c1. The fraction of sp³-hybridized carbons (Fsp3) is 0.130. The summed E-state index contributed by atoms with van der Waals surface area (Å²) in [5.41, 5.74) is 1.91. The summed E-state index contributed by atoms with van der Waals surface area (Å²) < 4.78 is 15.7. The number of H-pyrrole nitrogens is 1. The van der Waals surface area contributed by atoms with Crippen molar-refractivity contribution in [1.82, 2.24) is 24.5 Å². The molecule has 166 valence electrons. The molecule has 0 aliphatic carbocycles. The van der Waals surface area contributed by atoms with Crippen molar-refractivity contribution in [3.05, 3.63) is 87.0 Å². The average Bonchev–Trinajstić information content (AvgIpc) is 3.29. The summed E-state index contributed by atoms with van der Waals surface area (Å²) in [6.07, 6.45) is 3.58. The van der Waals surface area contributed by atoms with E-state index in [1.807, 2.05) is 13.0 Å². The number of pyridine rings is 1. The zero-order valence-corrected chi connectivity index (χ0v) is 18.8. The van der Waals surface area contributed by atoms with Crippen LogP contribution < -0.4 is 10.9 Å². The second-order valence-corrected chi connectivity index (χ2v) is 8.26. The van der Waals surface area contributed by atoms with Gasteiger partial charge in [0.2, 0.25) is 0 Å². The Morgan fingerprint density at radius 1 is 1.15 bits per heavy atom. The van der Waals surface area contributed by atoms with Gasteiger partial charge in [0.05, 0.1) is 28.5 Å². The van der Waals surface area contributed by atoms with Crippen molar-refractivity contribution in [2.75, 3.05) is 5.32 Å². The second kappa shape index (κ2) is 8.46. The normalized spacial score (nSPS) is 12.4. The highest BCUT2D eigenvalue weighted by Gasteiger charge is 2.22. The molecule has 0 aliphatic heterocycles. The van der Waals surface area contributed by atoms with Crippen LogP contribution in [0.5, 0.6) is 0 Å². The Morgan fingerprint density at radius 3 is 2.79 bits per heavy atom. The molecule has 3 aromatic heterocycles. The minimum Gasteiger partial charge on any atom is -0.360 e. The van der Waals surface area contributed by atoms with Crippen LogP contribution in [0.3, 0.4) is 0 Å². The molecular weight excluding hydrogens is 466 g/mol. The van der Waals surface area contributed by atoms with E-state index in [0.29, 0.717) is 45.2 Å². The molecule has 0 spiro atoms. The maximum absolute atomic E-state index is 14.2. The maximum atomic E-state index is 14.2. The Kier molecular flexibility index (Phi) is 5.47. The van der Waals surface area contributed by atoms with Crippen molar-refractivity contribution < 1.29 is 4.39 Å². The van der Waals surface area contributed by atoms with E-state index < -0.39 is 11.4 Å². The van der Waals surface area contributed by atoms with Gasteiger partial charge in [0, 0.05) is 10.7 Å². The summed E-state index contributed by atoms with van der Waals surface area (Å²) in [7, 11) is 0. The minimum absolute atomic E-state index is 0.104. The molecule has 7 nitrogen and oxygen atoms in total. The molecule has 5 rings (SSSR count). The first kappa shape index (κ1) is 21.4. The Labute approximate surface area is 197 Å². The lowest BCUT2D eigenvalue weighted by Crippen LogP contribution is -2.27. The van der Waals surface area contributed by atoms with E-state index in [-0.39, 0.29) is 16.5 Å². The monoisotopic (exact) mass is 482 g/mol. The quantitative estimate of drug-likeness (QED) is 0.337. The van der Waals surface area contributed by atoms with E-state index in [4.69, 9.17) is 23.2 Å². The number of aromatic amines is 1. The Morgan fingerprint density at radius 2 is 2.00 bits per heavy atom. The number of imidazole rings is 1. The van der Waals surface area contributed by atoms with Crippen molar-refractivity contribution in [2.45, 2.75) is 19.4 Å². The Bertz CT molecular complexity index is 1560. The largest absolute Gasteiger partial charge is 0.360 e. The summed E-state index contributed by atoms with van der Waals surface area (Å²) in [5, 5.41) is 4.27. The zero-order chi connectivity index (χ0) is 23.1. The van der Waals surface area contributed by atoms with E-state index in [2.05, 4.69) is 25.3 Å². The van der Waals surface area contributed by atoms with Gasteiger partial charge in [0.15, 0.2) is 11.5 Å². The maximum Gasteiger partial charge on any atom is 0.264 e. The number of fused-ring (bicyclic) bond motifs is 2. The van der Waals surface area contributed by atoms with Crippen LogP contribution in [-0.2, 0) is 0 Å². The van der Waals surface area contributed by atoms with E-state index in [9.17, 15) is 9.18 Å². The molecule has 33 heavy (non-hydrogen) atoms.